The number of carbonyl (C=O) groups is 1. The lowest BCUT2D eigenvalue weighted by Crippen LogP contribution is -2.18. The van der Waals surface area contributed by atoms with Crippen LogP contribution < -0.4 is 10.1 Å². The second-order valence-electron chi connectivity index (χ2n) is 4.90. The molecule has 0 saturated heterocycles. The highest BCUT2D eigenvalue weighted by atomic mass is 19.2. The van der Waals surface area contributed by atoms with Crippen molar-refractivity contribution >= 4 is 22.6 Å². The second-order valence-corrected chi connectivity index (χ2v) is 4.90. The number of imidazole rings is 1. The number of nitrogens with one attached hydrogen (secondary N) is 1. The minimum Gasteiger partial charge on any atom is -0.497 e. The van der Waals surface area contributed by atoms with Gasteiger partial charge in [0, 0.05) is 17.8 Å². The molecule has 0 radical (unpaired) electrons. The Balaban J connectivity index is 1.76. The molecular weight excluding hydrogens is 304 g/mol. The number of fused-ring (bicyclic) bond motifs is 1. The molecule has 5 nitrogen and oxygen atoms in total. The molecule has 0 aliphatic heterocycles. The molecule has 23 heavy (non-hydrogen) atoms. The summed E-state index contributed by atoms with van der Waals surface area (Å²) >= 11 is 0. The van der Waals surface area contributed by atoms with Crippen LogP contribution in [-0.4, -0.2) is 22.6 Å². The van der Waals surface area contributed by atoms with Gasteiger partial charge in [0.25, 0.3) is 0 Å². The first-order valence-electron chi connectivity index (χ1n) is 6.80. The number of ether oxygens (including phenoxy) is 1. The lowest BCUT2D eigenvalue weighted by atomic mass is 10.3. The summed E-state index contributed by atoms with van der Waals surface area (Å²) in [5.41, 5.74) is 1.26. The van der Waals surface area contributed by atoms with E-state index < -0.39 is 11.6 Å². The lowest BCUT2D eigenvalue weighted by Gasteiger charge is -2.07. The maximum Gasteiger partial charge on any atom is 0.244 e. The molecule has 0 unspecified atom stereocenters. The van der Waals surface area contributed by atoms with Gasteiger partial charge in [0.1, 0.15) is 12.3 Å². The number of carbonyl (C=O) groups excluding carboxylic acids is 1. The zero-order chi connectivity index (χ0) is 16.4. The van der Waals surface area contributed by atoms with Crippen LogP contribution in [0.1, 0.15) is 0 Å². The normalized spacial score (nSPS) is 10.7. The smallest absolute Gasteiger partial charge is 0.244 e. The number of rotatable bonds is 4. The van der Waals surface area contributed by atoms with E-state index in [-0.39, 0.29) is 12.5 Å². The molecule has 1 N–H and O–H groups in total. The van der Waals surface area contributed by atoms with Gasteiger partial charge in [0.05, 0.1) is 24.5 Å². The number of benzene rings is 2. The second kappa shape index (κ2) is 6.04. The van der Waals surface area contributed by atoms with Crippen LogP contribution in [-0.2, 0) is 11.3 Å². The molecule has 3 aromatic rings. The van der Waals surface area contributed by atoms with E-state index in [2.05, 4.69) is 10.3 Å². The molecule has 3 rings (SSSR count). The molecule has 0 atom stereocenters. The van der Waals surface area contributed by atoms with Gasteiger partial charge in [-0.05, 0) is 24.3 Å². The SMILES string of the molecule is COc1ccc(NC(=O)Cn2cnc3cc(F)c(F)cc32)cc1. The number of hydrogen-bond acceptors (Lipinski definition) is 3. The molecule has 1 heterocycles. The Bertz CT molecular complexity index is 860. The van der Waals surface area contributed by atoms with Gasteiger partial charge in [-0.15, -0.1) is 0 Å². The fraction of sp³-hybridized carbons (Fsp3) is 0.125. The van der Waals surface area contributed by atoms with Crippen LogP contribution in [0.4, 0.5) is 14.5 Å². The molecule has 2 aromatic carbocycles. The third-order valence-electron chi connectivity index (χ3n) is 3.35. The summed E-state index contributed by atoms with van der Waals surface area (Å²) in [7, 11) is 1.56. The van der Waals surface area contributed by atoms with Gasteiger partial charge in [-0.1, -0.05) is 0 Å². The highest BCUT2D eigenvalue weighted by Gasteiger charge is 2.11. The monoisotopic (exact) mass is 317 g/mol. The third kappa shape index (κ3) is 3.13. The predicted octanol–water partition coefficient (Wildman–Crippen LogP) is 2.96. The van der Waals surface area contributed by atoms with Gasteiger partial charge in [-0.3, -0.25) is 4.79 Å². The highest BCUT2D eigenvalue weighted by molar-refractivity contribution is 5.91. The van der Waals surface area contributed by atoms with Crippen molar-refractivity contribution in [3.05, 3.63) is 54.4 Å². The van der Waals surface area contributed by atoms with Crippen molar-refractivity contribution in [1.82, 2.24) is 9.55 Å². The van der Waals surface area contributed by atoms with Crippen molar-refractivity contribution < 1.29 is 18.3 Å². The number of methoxy groups -OCH3 is 1. The van der Waals surface area contributed by atoms with Crippen molar-refractivity contribution in [2.45, 2.75) is 6.54 Å². The number of nitrogens with zero attached hydrogens (tertiary/aromatic N) is 2. The van der Waals surface area contributed by atoms with Crippen LogP contribution in [0.15, 0.2) is 42.7 Å². The Morgan fingerprint density at radius 3 is 2.61 bits per heavy atom. The van der Waals surface area contributed by atoms with Crippen LogP contribution in [0.3, 0.4) is 0 Å². The van der Waals surface area contributed by atoms with E-state index in [1.807, 2.05) is 0 Å². The molecule has 0 fully saturated rings. The Hall–Kier alpha value is -2.96. The topological polar surface area (TPSA) is 56.1 Å². The first-order chi connectivity index (χ1) is 11.1. The van der Waals surface area contributed by atoms with Crippen molar-refractivity contribution in [3.63, 3.8) is 0 Å². The van der Waals surface area contributed by atoms with E-state index in [4.69, 9.17) is 4.74 Å². The Labute approximate surface area is 130 Å². The molecular formula is C16H13F2N3O2. The van der Waals surface area contributed by atoms with Crippen LogP contribution >= 0.6 is 0 Å². The Kier molecular flexibility index (Phi) is 3.92. The first-order valence-corrected chi connectivity index (χ1v) is 6.80. The summed E-state index contributed by atoms with van der Waals surface area (Å²) in [6.45, 7) is -0.0619. The Morgan fingerprint density at radius 2 is 1.91 bits per heavy atom. The van der Waals surface area contributed by atoms with Gasteiger partial charge in [-0.2, -0.15) is 0 Å². The maximum absolute atomic E-state index is 13.3. The summed E-state index contributed by atoms with van der Waals surface area (Å²) in [5.74, 6) is -1.57. The van der Waals surface area contributed by atoms with E-state index in [0.717, 1.165) is 12.1 Å². The van der Waals surface area contributed by atoms with Crippen molar-refractivity contribution in [2.24, 2.45) is 0 Å². The van der Waals surface area contributed by atoms with E-state index in [1.165, 1.54) is 10.9 Å². The molecule has 0 bridgehead atoms. The average molecular weight is 317 g/mol. The maximum atomic E-state index is 13.3. The minimum atomic E-state index is -0.977. The number of aromatic nitrogens is 2. The summed E-state index contributed by atoms with van der Waals surface area (Å²) in [6, 6.07) is 8.89. The molecule has 0 aliphatic carbocycles. The van der Waals surface area contributed by atoms with Crippen molar-refractivity contribution in [1.29, 1.82) is 0 Å². The lowest BCUT2D eigenvalue weighted by molar-refractivity contribution is -0.116. The zero-order valence-electron chi connectivity index (χ0n) is 12.2. The zero-order valence-corrected chi connectivity index (χ0v) is 12.2. The Morgan fingerprint density at radius 1 is 1.22 bits per heavy atom. The molecule has 0 saturated carbocycles. The largest absolute Gasteiger partial charge is 0.497 e. The van der Waals surface area contributed by atoms with Crippen LogP contribution in [0.2, 0.25) is 0 Å². The summed E-state index contributed by atoms with van der Waals surface area (Å²) in [5, 5.41) is 2.71. The van der Waals surface area contributed by atoms with Crippen LogP contribution in [0.25, 0.3) is 11.0 Å². The molecule has 0 spiro atoms. The molecule has 1 aromatic heterocycles. The van der Waals surface area contributed by atoms with Crippen molar-refractivity contribution in [3.8, 4) is 5.75 Å². The van der Waals surface area contributed by atoms with Gasteiger partial charge >= 0.3 is 0 Å². The summed E-state index contributed by atoms with van der Waals surface area (Å²) in [6.07, 6.45) is 1.37. The first kappa shape index (κ1) is 15.0. The minimum absolute atomic E-state index is 0.0619. The molecule has 0 aliphatic rings. The van der Waals surface area contributed by atoms with Gasteiger partial charge in [0.2, 0.25) is 5.91 Å². The van der Waals surface area contributed by atoms with E-state index in [0.29, 0.717) is 22.5 Å². The van der Waals surface area contributed by atoms with Crippen LogP contribution in [0, 0.1) is 11.6 Å². The van der Waals surface area contributed by atoms with E-state index in [1.54, 1.807) is 31.4 Å². The van der Waals surface area contributed by atoms with E-state index >= 15 is 0 Å². The summed E-state index contributed by atoms with van der Waals surface area (Å²) in [4.78, 5) is 16.0. The summed E-state index contributed by atoms with van der Waals surface area (Å²) < 4.78 is 33.0. The van der Waals surface area contributed by atoms with Crippen molar-refractivity contribution in [2.75, 3.05) is 12.4 Å². The number of halogens is 2. The standard InChI is InChI=1S/C16H13F2N3O2/c1-23-11-4-2-10(3-5-11)20-16(22)8-21-9-19-14-6-12(17)13(18)7-15(14)21/h2-7,9H,8H2,1H3,(H,20,22). The van der Waals surface area contributed by atoms with E-state index in [9.17, 15) is 13.6 Å². The fourth-order valence-electron chi connectivity index (χ4n) is 2.21. The number of hydrogen-bond donors (Lipinski definition) is 1. The molecule has 1 amide bonds. The quantitative estimate of drug-likeness (QED) is 0.805. The molecule has 118 valence electrons. The van der Waals surface area contributed by atoms with Gasteiger partial charge in [0.15, 0.2) is 11.6 Å². The van der Waals surface area contributed by atoms with Crippen LogP contribution in [0.5, 0.6) is 5.75 Å². The fourth-order valence-corrected chi connectivity index (χ4v) is 2.21. The number of anilines is 1. The third-order valence-corrected chi connectivity index (χ3v) is 3.35. The highest BCUT2D eigenvalue weighted by Crippen LogP contribution is 2.18. The predicted molar refractivity (Wildman–Crippen MR) is 81.3 cm³/mol. The molecule has 7 heteroatoms. The van der Waals surface area contributed by atoms with Gasteiger partial charge in [-0.25, -0.2) is 13.8 Å². The number of amides is 1. The average Bonchev–Trinajstić information content (AvgIpc) is 2.90. The van der Waals surface area contributed by atoms with Gasteiger partial charge < -0.3 is 14.6 Å².